The topological polar surface area (TPSA) is 0 Å². The Balaban J connectivity index is 3.11. The van der Waals surface area contributed by atoms with E-state index in [4.69, 9.17) is 0 Å². The molecule has 0 unspecified atom stereocenters. The van der Waals surface area contributed by atoms with Crippen LogP contribution in [0, 0.1) is 25.7 Å². The van der Waals surface area contributed by atoms with E-state index < -0.39 is 0 Å². The molecule has 1 aromatic rings. The molecule has 0 saturated heterocycles. The van der Waals surface area contributed by atoms with Gasteiger partial charge in [0.1, 0.15) is 0 Å². The third kappa shape index (κ3) is 1.40. The number of hydrogen-bond acceptors (Lipinski definition) is 1. The third-order valence-electron chi connectivity index (χ3n) is 1.28. The molecule has 0 aliphatic heterocycles. The van der Waals surface area contributed by atoms with Gasteiger partial charge in [0.2, 0.25) is 0 Å². The van der Waals surface area contributed by atoms with Crippen LogP contribution in [0.2, 0.25) is 0 Å². The lowest BCUT2D eigenvalue weighted by molar-refractivity contribution is 1.49. The van der Waals surface area contributed by atoms with Crippen molar-refractivity contribution in [2.45, 2.75) is 20.8 Å². The van der Waals surface area contributed by atoms with E-state index in [1.165, 1.54) is 15.3 Å². The molecule has 1 heterocycles. The van der Waals surface area contributed by atoms with Crippen molar-refractivity contribution in [1.29, 1.82) is 0 Å². The summed E-state index contributed by atoms with van der Waals surface area (Å²) in [4.78, 5) is 2.55. The molecule has 52 valence electrons. The van der Waals surface area contributed by atoms with Gasteiger partial charge in [-0.25, -0.2) is 0 Å². The molecule has 0 aromatic carbocycles. The highest BCUT2D eigenvalue weighted by Gasteiger charge is 1.97. The average molecular weight is 150 g/mol. The molecule has 0 nitrogen and oxygen atoms in total. The summed E-state index contributed by atoms with van der Waals surface area (Å²) in [6, 6.07) is 2.17. The Hall–Kier alpha value is -0.740. The summed E-state index contributed by atoms with van der Waals surface area (Å²) in [6.45, 7) is 6.08. The summed E-state index contributed by atoms with van der Waals surface area (Å²) in [7, 11) is 0. The van der Waals surface area contributed by atoms with E-state index in [9.17, 15) is 0 Å². The minimum atomic E-state index is 1.21. The zero-order valence-corrected chi connectivity index (χ0v) is 7.30. The molecule has 0 radical (unpaired) electrons. The maximum atomic E-state index is 3.07. The van der Waals surface area contributed by atoms with Crippen LogP contribution >= 0.6 is 11.3 Å². The number of aryl methyl sites for hydroxylation is 2. The molecular weight excluding hydrogens is 140 g/mol. The van der Waals surface area contributed by atoms with Gasteiger partial charge in [0.05, 0.1) is 4.88 Å². The van der Waals surface area contributed by atoms with Crippen LogP contribution in [0.1, 0.15) is 22.2 Å². The number of rotatable bonds is 0. The van der Waals surface area contributed by atoms with Gasteiger partial charge in [0.15, 0.2) is 0 Å². The SMILES string of the molecule is CC#Cc1sc(C)cc1C. The minimum absolute atomic E-state index is 1.21. The molecule has 1 heteroatoms. The maximum absolute atomic E-state index is 3.07. The second-order valence-electron chi connectivity index (χ2n) is 2.24. The molecule has 10 heavy (non-hydrogen) atoms. The molecule has 0 N–H and O–H groups in total. The van der Waals surface area contributed by atoms with Gasteiger partial charge in [-0.15, -0.1) is 17.3 Å². The Bertz CT molecular complexity index is 283. The predicted molar refractivity (Wildman–Crippen MR) is 46.3 cm³/mol. The molecule has 0 bridgehead atoms. The van der Waals surface area contributed by atoms with Gasteiger partial charge in [-0.2, -0.15) is 0 Å². The molecule has 1 aromatic heterocycles. The first-order valence-corrected chi connectivity index (χ1v) is 4.05. The monoisotopic (exact) mass is 150 g/mol. The Morgan fingerprint density at radius 3 is 2.50 bits per heavy atom. The highest BCUT2D eigenvalue weighted by atomic mass is 32.1. The van der Waals surface area contributed by atoms with Gasteiger partial charge in [0.25, 0.3) is 0 Å². The van der Waals surface area contributed by atoms with Crippen LogP contribution < -0.4 is 0 Å². The Morgan fingerprint density at radius 1 is 1.40 bits per heavy atom. The van der Waals surface area contributed by atoms with Crippen molar-refractivity contribution in [2.75, 3.05) is 0 Å². The van der Waals surface area contributed by atoms with E-state index in [1.807, 2.05) is 6.92 Å². The van der Waals surface area contributed by atoms with Gasteiger partial charge in [-0.1, -0.05) is 5.92 Å². The van der Waals surface area contributed by atoms with Crippen LogP contribution in [-0.2, 0) is 0 Å². The van der Waals surface area contributed by atoms with Crippen molar-refractivity contribution in [3.8, 4) is 11.8 Å². The minimum Gasteiger partial charge on any atom is -0.132 e. The van der Waals surface area contributed by atoms with Crippen LogP contribution in [-0.4, -0.2) is 0 Å². The lowest BCUT2D eigenvalue weighted by atomic mass is 10.3. The molecule has 0 fully saturated rings. The zero-order valence-electron chi connectivity index (χ0n) is 6.49. The molecular formula is C9H10S. The van der Waals surface area contributed by atoms with Crippen LogP contribution in [0.15, 0.2) is 6.07 Å². The van der Waals surface area contributed by atoms with Crippen LogP contribution in [0.25, 0.3) is 0 Å². The predicted octanol–water partition coefficient (Wildman–Crippen LogP) is 2.74. The second kappa shape index (κ2) is 2.90. The first-order valence-electron chi connectivity index (χ1n) is 3.24. The smallest absolute Gasteiger partial charge is 0.0800 e. The molecule has 0 atom stereocenters. The lowest BCUT2D eigenvalue weighted by Gasteiger charge is -1.80. The third-order valence-corrected chi connectivity index (χ3v) is 2.35. The van der Waals surface area contributed by atoms with Gasteiger partial charge < -0.3 is 0 Å². The van der Waals surface area contributed by atoms with E-state index in [1.54, 1.807) is 11.3 Å². The lowest BCUT2D eigenvalue weighted by Crippen LogP contribution is -1.66. The highest BCUT2D eigenvalue weighted by Crippen LogP contribution is 2.19. The Morgan fingerprint density at radius 2 is 2.10 bits per heavy atom. The molecule has 0 aliphatic carbocycles. The Kier molecular flexibility index (Phi) is 2.13. The normalized spacial score (nSPS) is 8.70. The molecule has 0 spiro atoms. The molecule has 0 aliphatic rings. The van der Waals surface area contributed by atoms with Crippen LogP contribution in [0.5, 0.6) is 0 Å². The quantitative estimate of drug-likeness (QED) is 0.499. The van der Waals surface area contributed by atoms with Crippen molar-refractivity contribution < 1.29 is 0 Å². The fourth-order valence-corrected chi connectivity index (χ4v) is 1.81. The van der Waals surface area contributed by atoms with E-state index in [-0.39, 0.29) is 0 Å². The summed E-state index contributed by atoms with van der Waals surface area (Å²) < 4.78 is 0. The van der Waals surface area contributed by atoms with Crippen LogP contribution in [0.3, 0.4) is 0 Å². The zero-order chi connectivity index (χ0) is 7.56. The molecule has 0 saturated carbocycles. The Labute approximate surface area is 65.9 Å². The van der Waals surface area contributed by atoms with E-state index in [0.29, 0.717) is 0 Å². The summed E-state index contributed by atoms with van der Waals surface area (Å²) in [5, 5.41) is 0. The van der Waals surface area contributed by atoms with E-state index in [2.05, 4.69) is 31.8 Å². The van der Waals surface area contributed by atoms with Gasteiger partial charge in [-0.05, 0) is 32.4 Å². The molecule has 0 amide bonds. The average Bonchev–Trinajstić information content (AvgIpc) is 2.13. The fraction of sp³-hybridized carbons (Fsp3) is 0.333. The van der Waals surface area contributed by atoms with Crippen molar-refractivity contribution in [3.05, 3.63) is 21.4 Å². The fourth-order valence-electron chi connectivity index (χ4n) is 0.879. The van der Waals surface area contributed by atoms with Crippen molar-refractivity contribution in [1.82, 2.24) is 0 Å². The van der Waals surface area contributed by atoms with E-state index >= 15 is 0 Å². The first-order chi connectivity index (χ1) is 4.74. The maximum Gasteiger partial charge on any atom is 0.0800 e. The van der Waals surface area contributed by atoms with Crippen molar-refractivity contribution in [2.24, 2.45) is 0 Å². The summed E-state index contributed by atoms with van der Waals surface area (Å²) in [5.74, 6) is 5.96. The summed E-state index contributed by atoms with van der Waals surface area (Å²) in [5.41, 5.74) is 1.30. The van der Waals surface area contributed by atoms with Crippen molar-refractivity contribution in [3.63, 3.8) is 0 Å². The first kappa shape index (κ1) is 7.37. The van der Waals surface area contributed by atoms with Crippen LogP contribution in [0.4, 0.5) is 0 Å². The highest BCUT2D eigenvalue weighted by molar-refractivity contribution is 7.12. The van der Waals surface area contributed by atoms with E-state index in [0.717, 1.165) is 0 Å². The summed E-state index contributed by atoms with van der Waals surface area (Å²) >= 11 is 1.77. The second-order valence-corrected chi connectivity index (χ2v) is 3.50. The van der Waals surface area contributed by atoms with Crippen molar-refractivity contribution >= 4 is 11.3 Å². The number of thiophene rings is 1. The van der Waals surface area contributed by atoms with Gasteiger partial charge in [-0.3, -0.25) is 0 Å². The largest absolute Gasteiger partial charge is 0.132 e. The number of hydrogen-bond donors (Lipinski definition) is 0. The van der Waals surface area contributed by atoms with Gasteiger partial charge in [0, 0.05) is 4.88 Å². The summed E-state index contributed by atoms with van der Waals surface area (Å²) in [6.07, 6.45) is 0. The van der Waals surface area contributed by atoms with Gasteiger partial charge >= 0.3 is 0 Å². The molecule has 1 rings (SSSR count). The standard InChI is InChI=1S/C9H10S/c1-4-5-9-7(2)6-8(3)10-9/h6H,1-3H3.